The summed E-state index contributed by atoms with van der Waals surface area (Å²) in [6.07, 6.45) is 3.50. The van der Waals surface area contributed by atoms with Crippen molar-refractivity contribution in [1.82, 2.24) is 0 Å². The molecule has 0 saturated heterocycles. The van der Waals surface area contributed by atoms with Crippen LogP contribution >= 0.6 is 0 Å². The first-order valence-corrected chi connectivity index (χ1v) is 4.38. The van der Waals surface area contributed by atoms with Gasteiger partial charge in [0.1, 0.15) is 0 Å². The topological polar surface area (TPSA) is 50.1 Å². The number of hydrogen-bond acceptors (Lipinski definition) is 3. The van der Waals surface area contributed by atoms with Gasteiger partial charge in [0.05, 0.1) is 19.1 Å². The quantitative estimate of drug-likeness (QED) is 0.575. The van der Waals surface area contributed by atoms with Crippen molar-refractivity contribution in [3.05, 3.63) is 11.6 Å². The number of hydrogen-bond donors (Lipinski definition) is 0. The van der Waals surface area contributed by atoms with E-state index in [0.717, 1.165) is 12.8 Å². The van der Waals surface area contributed by atoms with Crippen LogP contribution in [0.4, 0.5) is 0 Å². The molecule has 13 heavy (non-hydrogen) atoms. The number of carbonyl (C=O) groups is 1. The number of allylic oxidation sites excluding steroid dienone is 2. The normalized spacial score (nSPS) is 27.3. The van der Waals surface area contributed by atoms with Gasteiger partial charge < -0.3 is 4.74 Å². The number of nitriles is 1. The molecule has 2 atom stereocenters. The van der Waals surface area contributed by atoms with Crippen LogP contribution in [0.2, 0.25) is 0 Å². The molecule has 0 spiro atoms. The lowest BCUT2D eigenvalue weighted by Gasteiger charge is -2.24. The summed E-state index contributed by atoms with van der Waals surface area (Å²) in [6.45, 7) is 1.90. The zero-order chi connectivity index (χ0) is 9.84. The van der Waals surface area contributed by atoms with E-state index in [1.54, 1.807) is 0 Å². The molecule has 0 bridgehead atoms. The van der Waals surface area contributed by atoms with Crippen LogP contribution in [-0.2, 0) is 9.53 Å². The number of carbonyl (C=O) groups excluding carboxylic acids is 1. The van der Waals surface area contributed by atoms with Crippen molar-refractivity contribution in [2.24, 2.45) is 11.8 Å². The smallest absolute Gasteiger partial charge is 0.309 e. The molecule has 3 heteroatoms. The Bertz CT molecular complexity index is 275. The van der Waals surface area contributed by atoms with Gasteiger partial charge in [-0.15, -0.1) is 0 Å². The standard InChI is InChI=1S/C10H13NO2/c1-7-8(6-11)4-3-5-9(7)10(12)13-2/h4,7,9H,3,5H2,1-2H3. The molecule has 1 aliphatic rings. The summed E-state index contributed by atoms with van der Waals surface area (Å²) < 4.78 is 4.68. The Balaban J connectivity index is 2.78. The molecule has 0 saturated carbocycles. The highest BCUT2D eigenvalue weighted by Crippen LogP contribution is 2.30. The lowest BCUT2D eigenvalue weighted by atomic mass is 9.80. The van der Waals surface area contributed by atoms with Crippen LogP contribution in [0.25, 0.3) is 0 Å². The number of ether oxygens (including phenoxy) is 1. The third-order valence-corrected chi connectivity index (χ3v) is 2.57. The van der Waals surface area contributed by atoms with Crippen LogP contribution in [0.1, 0.15) is 19.8 Å². The van der Waals surface area contributed by atoms with Gasteiger partial charge in [-0.05, 0) is 12.8 Å². The number of rotatable bonds is 1. The van der Waals surface area contributed by atoms with E-state index in [-0.39, 0.29) is 17.8 Å². The fraction of sp³-hybridized carbons (Fsp3) is 0.600. The van der Waals surface area contributed by atoms with Crippen molar-refractivity contribution >= 4 is 5.97 Å². The Morgan fingerprint density at radius 3 is 3.00 bits per heavy atom. The second-order valence-corrected chi connectivity index (χ2v) is 3.27. The number of nitrogens with zero attached hydrogens (tertiary/aromatic N) is 1. The first kappa shape index (κ1) is 9.79. The summed E-state index contributed by atoms with van der Waals surface area (Å²) >= 11 is 0. The van der Waals surface area contributed by atoms with E-state index in [2.05, 4.69) is 10.8 Å². The molecule has 1 rings (SSSR count). The molecule has 0 aromatic rings. The Hall–Kier alpha value is -1.30. The summed E-state index contributed by atoms with van der Waals surface area (Å²) in [5, 5.41) is 8.76. The molecule has 3 nitrogen and oxygen atoms in total. The summed E-state index contributed by atoms with van der Waals surface area (Å²) in [5.74, 6) is -0.329. The van der Waals surface area contributed by atoms with Crippen molar-refractivity contribution in [3.8, 4) is 6.07 Å². The average Bonchev–Trinajstić information content (AvgIpc) is 2.17. The Morgan fingerprint density at radius 1 is 1.77 bits per heavy atom. The van der Waals surface area contributed by atoms with Gasteiger partial charge >= 0.3 is 5.97 Å². The minimum absolute atomic E-state index is 0.00574. The van der Waals surface area contributed by atoms with Crippen LogP contribution in [-0.4, -0.2) is 13.1 Å². The average molecular weight is 179 g/mol. The molecule has 0 amide bonds. The van der Waals surface area contributed by atoms with Crippen LogP contribution in [0.5, 0.6) is 0 Å². The Kier molecular flexibility index (Phi) is 3.07. The highest BCUT2D eigenvalue weighted by Gasteiger charge is 2.30. The third-order valence-electron chi connectivity index (χ3n) is 2.57. The lowest BCUT2D eigenvalue weighted by Crippen LogP contribution is -2.26. The van der Waals surface area contributed by atoms with Gasteiger partial charge in [0.25, 0.3) is 0 Å². The maximum Gasteiger partial charge on any atom is 0.309 e. The van der Waals surface area contributed by atoms with Crippen LogP contribution in [0.15, 0.2) is 11.6 Å². The van der Waals surface area contributed by atoms with E-state index in [0.29, 0.717) is 5.57 Å². The molecule has 0 N–H and O–H groups in total. The van der Waals surface area contributed by atoms with Gasteiger partial charge in [0.15, 0.2) is 0 Å². The van der Waals surface area contributed by atoms with Crippen molar-refractivity contribution in [2.75, 3.05) is 7.11 Å². The zero-order valence-electron chi connectivity index (χ0n) is 7.91. The second kappa shape index (κ2) is 4.08. The van der Waals surface area contributed by atoms with Gasteiger partial charge in [-0.2, -0.15) is 5.26 Å². The summed E-state index contributed by atoms with van der Waals surface area (Å²) in [7, 11) is 1.39. The van der Waals surface area contributed by atoms with E-state index in [1.807, 2.05) is 13.0 Å². The molecule has 0 aromatic heterocycles. The molecule has 2 unspecified atom stereocenters. The van der Waals surface area contributed by atoms with Crippen molar-refractivity contribution in [3.63, 3.8) is 0 Å². The predicted octanol–water partition coefficient (Wildman–Crippen LogP) is 1.66. The van der Waals surface area contributed by atoms with Crippen molar-refractivity contribution < 1.29 is 9.53 Å². The second-order valence-electron chi connectivity index (χ2n) is 3.27. The molecule has 0 aromatic carbocycles. The van der Waals surface area contributed by atoms with Crippen LogP contribution < -0.4 is 0 Å². The molecular formula is C10H13NO2. The number of methoxy groups -OCH3 is 1. The largest absolute Gasteiger partial charge is 0.469 e. The Morgan fingerprint density at radius 2 is 2.46 bits per heavy atom. The lowest BCUT2D eigenvalue weighted by molar-refractivity contribution is -0.147. The molecular weight excluding hydrogens is 166 g/mol. The van der Waals surface area contributed by atoms with Crippen LogP contribution in [0.3, 0.4) is 0 Å². The summed E-state index contributed by atoms with van der Waals surface area (Å²) in [6, 6.07) is 2.12. The molecule has 0 fully saturated rings. The molecule has 0 heterocycles. The van der Waals surface area contributed by atoms with E-state index < -0.39 is 0 Å². The first-order valence-electron chi connectivity index (χ1n) is 4.38. The molecule has 0 aliphatic heterocycles. The van der Waals surface area contributed by atoms with E-state index in [1.165, 1.54) is 7.11 Å². The maximum atomic E-state index is 11.3. The molecule has 70 valence electrons. The number of esters is 1. The SMILES string of the molecule is COC(=O)C1CCC=C(C#N)C1C. The highest BCUT2D eigenvalue weighted by molar-refractivity contribution is 5.73. The van der Waals surface area contributed by atoms with Crippen molar-refractivity contribution in [1.29, 1.82) is 5.26 Å². The van der Waals surface area contributed by atoms with Crippen LogP contribution in [0, 0.1) is 23.2 Å². The minimum atomic E-state index is -0.201. The third kappa shape index (κ3) is 1.89. The van der Waals surface area contributed by atoms with Gasteiger partial charge in [-0.3, -0.25) is 4.79 Å². The zero-order valence-corrected chi connectivity index (χ0v) is 7.91. The Labute approximate surface area is 78.0 Å². The van der Waals surface area contributed by atoms with Gasteiger partial charge in [0.2, 0.25) is 0 Å². The van der Waals surface area contributed by atoms with Gasteiger partial charge in [0, 0.05) is 11.5 Å². The highest BCUT2D eigenvalue weighted by atomic mass is 16.5. The molecule has 0 radical (unpaired) electrons. The summed E-state index contributed by atoms with van der Waals surface area (Å²) in [5.41, 5.74) is 0.710. The summed E-state index contributed by atoms with van der Waals surface area (Å²) in [4.78, 5) is 11.3. The van der Waals surface area contributed by atoms with E-state index in [4.69, 9.17) is 5.26 Å². The first-order chi connectivity index (χ1) is 6.20. The fourth-order valence-electron chi connectivity index (χ4n) is 1.69. The minimum Gasteiger partial charge on any atom is -0.469 e. The predicted molar refractivity (Wildman–Crippen MR) is 47.6 cm³/mol. The maximum absolute atomic E-state index is 11.3. The fourth-order valence-corrected chi connectivity index (χ4v) is 1.69. The van der Waals surface area contributed by atoms with Gasteiger partial charge in [-0.25, -0.2) is 0 Å². The van der Waals surface area contributed by atoms with Crippen molar-refractivity contribution in [2.45, 2.75) is 19.8 Å². The van der Waals surface area contributed by atoms with E-state index in [9.17, 15) is 4.79 Å². The van der Waals surface area contributed by atoms with Gasteiger partial charge in [-0.1, -0.05) is 13.0 Å². The van der Waals surface area contributed by atoms with E-state index >= 15 is 0 Å². The monoisotopic (exact) mass is 179 g/mol. The molecule has 1 aliphatic carbocycles.